The average Bonchev–Trinajstić information content (AvgIpc) is 3.30. The van der Waals surface area contributed by atoms with Crippen molar-refractivity contribution in [2.75, 3.05) is 19.3 Å². The number of rotatable bonds is 2. The van der Waals surface area contributed by atoms with Crippen molar-refractivity contribution < 1.29 is 0 Å². The Kier molecular flexibility index (Phi) is 4.16. The van der Waals surface area contributed by atoms with Gasteiger partial charge >= 0.3 is 0 Å². The molecule has 4 nitrogen and oxygen atoms in total. The molecule has 1 N–H and O–H groups in total. The summed E-state index contributed by atoms with van der Waals surface area (Å²) in [6, 6.07) is 0.617. The van der Waals surface area contributed by atoms with Crippen molar-refractivity contribution >= 4 is 16.9 Å². The monoisotopic (exact) mass is 318 g/mol. The van der Waals surface area contributed by atoms with Crippen molar-refractivity contribution in [2.24, 2.45) is 16.8 Å². The lowest BCUT2D eigenvalue weighted by Gasteiger charge is -2.34. The maximum atomic E-state index is 5.17. The number of likely N-dealkylation sites (tertiary alicyclic amines) is 1. The van der Waals surface area contributed by atoms with Crippen LogP contribution in [-0.4, -0.2) is 45.4 Å². The second-order valence-electron chi connectivity index (χ2n) is 7.13. The summed E-state index contributed by atoms with van der Waals surface area (Å²) in [7, 11) is 0. The minimum atomic E-state index is 0.617. The van der Waals surface area contributed by atoms with Crippen molar-refractivity contribution in [3.63, 3.8) is 0 Å². The quantitative estimate of drug-likeness (QED) is 0.670. The Bertz CT molecular complexity index is 519. The van der Waals surface area contributed by atoms with Crippen LogP contribution >= 0.6 is 11.8 Å². The van der Waals surface area contributed by atoms with Gasteiger partial charge in [-0.05, 0) is 50.2 Å². The molecule has 4 rings (SSSR count). The van der Waals surface area contributed by atoms with Crippen molar-refractivity contribution in [1.29, 1.82) is 0 Å². The Balaban J connectivity index is 1.38. The highest BCUT2D eigenvalue weighted by Gasteiger charge is 2.39. The summed E-state index contributed by atoms with van der Waals surface area (Å²) in [6.45, 7) is 2.26. The van der Waals surface area contributed by atoms with E-state index in [0.29, 0.717) is 12.0 Å². The second kappa shape index (κ2) is 6.26. The zero-order valence-electron chi connectivity index (χ0n) is 13.4. The van der Waals surface area contributed by atoms with E-state index >= 15 is 0 Å². The van der Waals surface area contributed by atoms with Gasteiger partial charge in [0, 0.05) is 30.9 Å². The maximum Gasteiger partial charge on any atom is 0.159 e. The average molecular weight is 318 g/mol. The number of fused-ring (bicyclic) bond motifs is 2. The molecule has 1 aromatic heterocycles. The number of thioether (sulfide) groups is 1. The standard InChI is InChI=1S/C17H26N4S/c1-22-17(20-15-9-12-2-3-14(15)8-12)21-6-4-13(5-7-21)16-10-18-11-19-16/h10-15H,2-9H2,1H3,(H,18,19)/t12-,14+,15-/m0/s1. The van der Waals surface area contributed by atoms with Crippen LogP contribution in [0.5, 0.6) is 0 Å². The van der Waals surface area contributed by atoms with Gasteiger partial charge in [-0.15, -0.1) is 0 Å². The normalized spacial score (nSPS) is 32.9. The third-order valence-corrected chi connectivity index (χ3v) is 6.61. The Morgan fingerprint density at radius 3 is 2.73 bits per heavy atom. The van der Waals surface area contributed by atoms with E-state index in [9.17, 15) is 0 Å². The second-order valence-corrected chi connectivity index (χ2v) is 7.90. The lowest BCUT2D eigenvalue weighted by Crippen LogP contribution is -2.37. The largest absolute Gasteiger partial charge is 0.351 e. The Morgan fingerprint density at radius 1 is 1.27 bits per heavy atom. The molecule has 0 unspecified atom stereocenters. The maximum absolute atomic E-state index is 5.17. The van der Waals surface area contributed by atoms with Gasteiger partial charge in [0.2, 0.25) is 0 Å². The molecule has 0 aromatic carbocycles. The van der Waals surface area contributed by atoms with Crippen LogP contribution in [0.15, 0.2) is 17.5 Å². The van der Waals surface area contributed by atoms with Crippen LogP contribution in [0.1, 0.15) is 50.1 Å². The number of amidine groups is 1. The van der Waals surface area contributed by atoms with Crippen LogP contribution in [0.3, 0.4) is 0 Å². The van der Waals surface area contributed by atoms with Crippen LogP contribution in [-0.2, 0) is 0 Å². The molecule has 1 aromatic rings. The Hall–Kier alpha value is -0.970. The zero-order valence-corrected chi connectivity index (χ0v) is 14.2. The minimum absolute atomic E-state index is 0.617. The van der Waals surface area contributed by atoms with E-state index in [4.69, 9.17) is 4.99 Å². The van der Waals surface area contributed by atoms with Gasteiger partial charge in [-0.25, -0.2) is 4.98 Å². The zero-order chi connectivity index (χ0) is 14.9. The SMILES string of the molecule is CSC(=N[C@H]1C[C@H]2CC[C@@H]1C2)N1CCC(c2cnc[nH]2)CC1. The summed E-state index contributed by atoms with van der Waals surface area (Å²) in [5, 5.41) is 1.29. The van der Waals surface area contributed by atoms with Crippen molar-refractivity contribution in [2.45, 2.75) is 50.5 Å². The van der Waals surface area contributed by atoms with E-state index in [2.05, 4.69) is 21.1 Å². The molecule has 0 amide bonds. The van der Waals surface area contributed by atoms with Crippen LogP contribution in [0, 0.1) is 11.8 Å². The molecule has 3 fully saturated rings. The molecule has 1 saturated heterocycles. The van der Waals surface area contributed by atoms with E-state index in [1.165, 1.54) is 49.4 Å². The molecular formula is C17H26N4S. The fourth-order valence-corrected chi connectivity index (χ4v) is 5.33. The highest BCUT2D eigenvalue weighted by Crippen LogP contribution is 2.46. The van der Waals surface area contributed by atoms with Gasteiger partial charge in [-0.3, -0.25) is 4.99 Å². The number of aromatic nitrogens is 2. The van der Waals surface area contributed by atoms with E-state index in [-0.39, 0.29) is 0 Å². The molecule has 1 aliphatic heterocycles. The molecular weight excluding hydrogens is 292 g/mol. The van der Waals surface area contributed by atoms with E-state index in [1.54, 1.807) is 6.33 Å². The summed E-state index contributed by atoms with van der Waals surface area (Å²) >= 11 is 1.85. The van der Waals surface area contributed by atoms with Crippen molar-refractivity contribution in [1.82, 2.24) is 14.9 Å². The lowest BCUT2D eigenvalue weighted by atomic mass is 9.94. The molecule has 0 radical (unpaired) electrons. The molecule has 3 aliphatic rings. The molecule has 2 heterocycles. The lowest BCUT2D eigenvalue weighted by molar-refractivity contribution is 0.311. The van der Waals surface area contributed by atoms with Crippen molar-refractivity contribution in [3.8, 4) is 0 Å². The number of aliphatic imine (C=N–C) groups is 1. The molecule has 0 spiro atoms. The molecule has 2 saturated carbocycles. The number of H-pyrrole nitrogens is 1. The van der Waals surface area contributed by atoms with Gasteiger partial charge in [0.05, 0.1) is 12.4 Å². The summed E-state index contributed by atoms with van der Waals surface area (Å²) < 4.78 is 0. The van der Waals surface area contributed by atoms with Crippen LogP contribution in [0.25, 0.3) is 0 Å². The summed E-state index contributed by atoms with van der Waals surface area (Å²) in [5.41, 5.74) is 1.30. The van der Waals surface area contributed by atoms with Gasteiger partial charge < -0.3 is 9.88 Å². The van der Waals surface area contributed by atoms with Gasteiger partial charge in [0.15, 0.2) is 5.17 Å². The van der Waals surface area contributed by atoms with E-state index < -0.39 is 0 Å². The first-order valence-corrected chi connectivity index (χ1v) is 9.91. The van der Waals surface area contributed by atoms with Gasteiger partial charge in [0.25, 0.3) is 0 Å². The Morgan fingerprint density at radius 2 is 2.14 bits per heavy atom. The first kappa shape index (κ1) is 14.6. The topological polar surface area (TPSA) is 44.3 Å². The van der Waals surface area contributed by atoms with E-state index in [1.807, 2.05) is 18.0 Å². The van der Waals surface area contributed by atoms with Crippen molar-refractivity contribution in [3.05, 3.63) is 18.2 Å². The number of hydrogen-bond acceptors (Lipinski definition) is 3. The fraction of sp³-hybridized carbons (Fsp3) is 0.765. The van der Waals surface area contributed by atoms with Gasteiger partial charge in [-0.1, -0.05) is 18.2 Å². The summed E-state index contributed by atoms with van der Waals surface area (Å²) in [6.07, 6.45) is 14.1. The van der Waals surface area contributed by atoms with Gasteiger partial charge in [-0.2, -0.15) is 0 Å². The van der Waals surface area contributed by atoms with E-state index in [0.717, 1.165) is 24.9 Å². The summed E-state index contributed by atoms with van der Waals surface area (Å²) in [4.78, 5) is 15.1. The smallest absolute Gasteiger partial charge is 0.159 e. The highest BCUT2D eigenvalue weighted by atomic mass is 32.2. The first-order chi connectivity index (χ1) is 10.8. The predicted molar refractivity (Wildman–Crippen MR) is 92.3 cm³/mol. The number of aromatic amines is 1. The third kappa shape index (κ3) is 2.80. The first-order valence-electron chi connectivity index (χ1n) is 8.68. The Labute approximate surface area is 137 Å². The van der Waals surface area contributed by atoms with Crippen LogP contribution in [0.2, 0.25) is 0 Å². The number of nitrogens with zero attached hydrogens (tertiary/aromatic N) is 3. The highest BCUT2D eigenvalue weighted by molar-refractivity contribution is 8.13. The predicted octanol–water partition coefficient (Wildman–Crippen LogP) is 3.50. The molecule has 2 bridgehead atoms. The molecule has 2 aliphatic carbocycles. The van der Waals surface area contributed by atoms with Crippen LogP contribution in [0.4, 0.5) is 0 Å². The number of nitrogens with one attached hydrogen (secondary N) is 1. The summed E-state index contributed by atoms with van der Waals surface area (Å²) in [5.74, 6) is 2.51. The van der Waals surface area contributed by atoms with Crippen LogP contribution < -0.4 is 0 Å². The molecule has 3 atom stereocenters. The number of piperidine rings is 1. The molecule has 22 heavy (non-hydrogen) atoms. The molecule has 120 valence electrons. The van der Waals surface area contributed by atoms with Gasteiger partial charge in [0.1, 0.15) is 0 Å². The molecule has 5 heteroatoms. The number of hydrogen-bond donors (Lipinski definition) is 1. The fourth-order valence-electron chi connectivity index (χ4n) is 4.65. The number of imidazole rings is 1. The minimum Gasteiger partial charge on any atom is -0.351 e. The third-order valence-electron chi connectivity index (χ3n) is 5.88.